The molecular weight excluding hydrogens is 272 g/mol. The van der Waals surface area contributed by atoms with Crippen molar-refractivity contribution < 1.29 is 14.8 Å². The summed E-state index contributed by atoms with van der Waals surface area (Å²) in [5.74, 6) is -1.13. The van der Waals surface area contributed by atoms with Gasteiger partial charge in [0.1, 0.15) is 0 Å². The highest BCUT2D eigenvalue weighted by Crippen LogP contribution is 2.30. The summed E-state index contributed by atoms with van der Waals surface area (Å²) in [5, 5.41) is 20.1. The molecule has 0 aliphatic rings. The fourth-order valence-corrected chi connectivity index (χ4v) is 2.00. The Morgan fingerprint density at radius 2 is 1.81 bits per heavy atom. The van der Waals surface area contributed by atoms with Crippen LogP contribution in [0.2, 0.25) is 0 Å². The van der Waals surface area contributed by atoms with E-state index in [-0.39, 0.29) is 16.9 Å². The van der Waals surface area contributed by atoms with E-state index in [1.807, 2.05) is 31.2 Å². The van der Waals surface area contributed by atoms with E-state index >= 15 is 0 Å². The van der Waals surface area contributed by atoms with E-state index in [1.54, 1.807) is 11.9 Å². The van der Waals surface area contributed by atoms with E-state index in [0.29, 0.717) is 0 Å². The number of aryl methyl sites for hydroxylation is 1. The summed E-state index contributed by atoms with van der Waals surface area (Å²) in [6.07, 6.45) is 0. The Morgan fingerprint density at radius 1 is 1.19 bits per heavy atom. The predicted octanol–water partition coefficient (Wildman–Crippen LogP) is 3.37. The van der Waals surface area contributed by atoms with Crippen molar-refractivity contribution in [1.82, 2.24) is 0 Å². The number of nitro groups is 1. The number of non-ortho nitro benzene ring substituents is 1. The van der Waals surface area contributed by atoms with Crippen LogP contribution < -0.4 is 4.90 Å². The third-order valence-corrected chi connectivity index (χ3v) is 3.21. The van der Waals surface area contributed by atoms with Gasteiger partial charge in [-0.3, -0.25) is 10.1 Å². The van der Waals surface area contributed by atoms with Gasteiger partial charge < -0.3 is 10.0 Å². The summed E-state index contributed by atoms with van der Waals surface area (Å²) in [4.78, 5) is 23.3. The maximum atomic E-state index is 11.3. The summed E-state index contributed by atoms with van der Waals surface area (Å²) < 4.78 is 0. The summed E-state index contributed by atoms with van der Waals surface area (Å²) in [7, 11) is 1.68. The maximum absolute atomic E-state index is 11.3. The van der Waals surface area contributed by atoms with E-state index < -0.39 is 10.9 Å². The molecule has 0 amide bonds. The molecule has 0 fully saturated rings. The number of hydrogen-bond donors (Lipinski definition) is 1. The Morgan fingerprint density at radius 3 is 2.33 bits per heavy atom. The van der Waals surface area contributed by atoms with E-state index in [0.717, 1.165) is 11.3 Å². The lowest BCUT2D eigenvalue weighted by Gasteiger charge is -2.21. The smallest absolute Gasteiger partial charge is 0.337 e. The van der Waals surface area contributed by atoms with Crippen LogP contribution in [0.15, 0.2) is 42.5 Å². The molecular formula is C15H14N2O4. The second-order valence-electron chi connectivity index (χ2n) is 4.66. The molecule has 0 saturated carbocycles. The summed E-state index contributed by atoms with van der Waals surface area (Å²) in [6.45, 7) is 1.94. The van der Waals surface area contributed by atoms with Gasteiger partial charge >= 0.3 is 5.97 Å². The quantitative estimate of drug-likeness (QED) is 0.688. The molecule has 0 aliphatic carbocycles. The van der Waals surface area contributed by atoms with Gasteiger partial charge in [-0.2, -0.15) is 0 Å². The molecule has 21 heavy (non-hydrogen) atoms. The van der Waals surface area contributed by atoms with Crippen molar-refractivity contribution in [3.63, 3.8) is 0 Å². The minimum atomic E-state index is -1.13. The SMILES string of the molecule is Cc1ccc(N(C)c2cc([N+](=O)[O-])ccc2C(=O)O)cc1. The first kappa shape index (κ1) is 14.5. The molecule has 0 saturated heterocycles. The number of anilines is 2. The van der Waals surface area contributed by atoms with Crippen LogP contribution in [0.3, 0.4) is 0 Å². The molecule has 6 nitrogen and oxygen atoms in total. The maximum Gasteiger partial charge on any atom is 0.337 e. The third-order valence-electron chi connectivity index (χ3n) is 3.21. The average molecular weight is 286 g/mol. The zero-order valence-corrected chi connectivity index (χ0v) is 11.6. The molecule has 1 N–H and O–H groups in total. The lowest BCUT2D eigenvalue weighted by molar-refractivity contribution is -0.384. The standard InChI is InChI=1S/C15H14N2O4/c1-10-3-5-11(6-4-10)16(2)14-9-12(17(20)21)7-8-13(14)15(18)19/h3-9H,1-2H3,(H,18,19). The van der Waals surface area contributed by atoms with Gasteiger partial charge in [-0.15, -0.1) is 0 Å². The van der Waals surface area contributed by atoms with Crippen LogP contribution in [0.1, 0.15) is 15.9 Å². The van der Waals surface area contributed by atoms with Crippen molar-refractivity contribution in [2.24, 2.45) is 0 Å². The first-order valence-electron chi connectivity index (χ1n) is 6.22. The average Bonchev–Trinajstić information content (AvgIpc) is 2.46. The Bertz CT molecular complexity index is 695. The van der Waals surface area contributed by atoms with Gasteiger partial charge in [-0.1, -0.05) is 17.7 Å². The Balaban J connectivity index is 2.53. The second-order valence-corrected chi connectivity index (χ2v) is 4.66. The zero-order valence-electron chi connectivity index (χ0n) is 11.6. The van der Waals surface area contributed by atoms with Crippen molar-refractivity contribution in [3.8, 4) is 0 Å². The summed E-state index contributed by atoms with van der Waals surface area (Å²) >= 11 is 0. The molecule has 0 bridgehead atoms. The predicted molar refractivity (Wildman–Crippen MR) is 79.3 cm³/mol. The number of carbonyl (C=O) groups is 1. The zero-order chi connectivity index (χ0) is 15.6. The second kappa shape index (κ2) is 5.62. The van der Waals surface area contributed by atoms with Gasteiger partial charge in [-0.05, 0) is 25.1 Å². The van der Waals surface area contributed by atoms with Crippen molar-refractivity contribution >= 4 is 23.0 Å². The van der Waals surface area contributed by atoms with Gasteiger partial charge in [0.15, 0.2) is 0 Å². The van der Waals surface area contributed by atoms with Gasteiger partial charge in [0.2, 0.25) is 0 Å². The lowest BCUT2D eigenvalue weighted by atomic mass is 10.1. The molecule has 2 aromatic carbocycles. The number of carboxylic acids is 1. The molecule has 0 heterocycles. The van der Waals surface area contributed by atoms with Crippen molar-refractivity contribution in [2.75, 3.05) is 11.9 Å². The summed E-state index contributed by atoms with van der Waals surface area (Å²) in [6, 6.07) is 11.2. The van der Waals surface area contributed by atoms with Crippen LogP contribution >= 0.6 is 0 Å². The monoisotopic (exact) mass is 286 g/mol. The summed E-state index contributed by atoms with van der Waals surface area (Å²) in [5.41, 5.74) is 1.98. The van der Waals surface area contributed by atoms with Gasteiger partial charge in [0.25, 0.3) is 5.69 Å². The van der Waals surface area contributed by atoms with Crippen LogP contribution in [0, 0.1) is 17.0 Å². The number of rotatable bonds is 4. The molecule has 0 spiro atoms. The van der Waals surface area contributed by atoms with Crippen molar-refractivity contribution in [1.29, 1.82) is 0 Å². The minimum absolute atomic E-state index is 0.0173. The van der Waals surface area contributed by atoms with Gasteiger partial charge in [0.05, 0.1) is 16.2 Å². The van der Waals surface area contributed by atoms with Crippen LogP contribution in [0.4, 0.5) is 17.1 Å². The fraction of sp³-hybridized carbons (Fsp3) is 0.133. The molecule has 0 radical (unpaired) electrons. The number of carboxylic acid groups (broad SMARTS) is 1. The highest BCUT2D eigenvalue weighted by Gasteiger charge is 2.19. The highest BCUT2D eigenvalue weighted by molar-refractivity contribution is 5.96. The van der Waals surface area contributed by atoms with E-state index in [4.69, 9.17) is 0 Å². The molecule has 0 aromatic heterocycles. The molecule has 0 unspecified atom stereocenters. The minimum Gasteiger partial charge on any atom is -0.478 e. The number of nitro benzene ring substituents is 1. The normalized spacial score (nSPS) is 10.2. The van der Waals surface area contributed by atoms with E-state index in [2.05, 4.69) is 0 Å². The van der Waals surface area contributed by atoms with Crippen molar-refractivity contribution in [2.45, 2.75) is 6.92 Å². The fourth-order valence-electron chi connectivity index (χ4n) is 2.00. The first-order valence-corrected chi connectivity index (χ1v) is 6.22. The molecule has 0 atom stereocenters. The largest absolute Gasteiger partial charge is 0.478 e. The van der Waals surface area contributed by atoms with Crippen LogP contribution in [-0.2, 0) is 0 Å². The van der Waals surface area contributed by atoms with Crippen LogP contribution in [0.25, 0.3) is 0 Å². The van der Waals surface area contributed by atoms with Crippen LogP contribution in [0.5, 0.6) is 0 Å². The van der Waals surface area contributed by atoms with E-state index in [9.17, 15) is 20.0 Å². The Hall–Kier alpha value is -2.89. The molecule has 0 aliphatic heterocycles. The molecule has 6 heteroatoms. The number of aromatic carboxylic acids is 1. The van der Waals surface area contributed by atoms with E-state index in [1.165, 1.54) is 18.2 Å². The topological polar surface area (TPSA) is 83.7 Å². The Labute approximate surface area is 121 Å². The van der Waals surface area contributed by atoms with Gasteiger partial charge in [0, 0.05) is 24.9 Å². The van der Waals surface area contributed by atoms with Crippen molar-refractivity contribution in [3.05, 3.63) is 63.7 Å². The molecule has 2 aromatic rings. The number of nitrogens with zero attached hydrogens (tertiary/aromatic N) is 2. The van der Waals surface area contributed by atoms with Gasteiger partial charge in [-0.25, -0.2) is 4.79 Å². The number of benzene rings is 2. The first-order chi connectivity index (χ1) is 9.90. The molecule has 2 rings (SSSR count). The molecule has 108 valence electrons. The lowest BCUT2D eigenvalue weighted by Crippen LogP contribution is -2.14. The Kier molecular flexibility index (Phi) is 3.89. The van der Waals surface area contributed by atoms with Crippen LogP contribution in [-0.4, -0.2) is 23.0 Å². The third kappa shape index (κ3) is 3.00. The highest BCUT2D eigenvalue weighted by atomic mass is 16.6. The number of hydrogen-bond acceptors (Lipinski definition) is 4.